The van der Waals surface area contributed by atoms with Crippen molar-refractivity contribution < 1.29 is 0 Å². The zero-order chi connectivity index (χ0) is 14.5. The SMILES string of the molecule is CCCn1c(CCC(C)CCN)nc2cccc(Cl)c21. The summed E-state index contributed by atoms with van der Waals surface area (Å²) < 4.78 is 2.28. The number of hydrogen-bond donors (Lipinski definition) is 1. The number of para-hydroxylation sites is 1. The van der Waals surface area contributed by atoms with E-state index in [1.807, 2.05) is 18.2 Å². The first-order chi connectivity index (χ1) is 9.67. The van der Waals surface area contributed by atoms with E-state index >= 15 is 0 Å². The van der Waals surface area contributed by atoms with Gasteiger partial charge in [0, 0.05) is 13.0 Å². The number of fused-ring (bicyclic) bond motifs is 1. The van der Waals surface area contributed by atoms with E-state index in [1.54, 1.807) is 0 Å². The van der Waals surface area contributed by atoms with Gasteiger partial charge < -0.3 is 10.3 Å². The second kappa shape index (κ2) is 7.09. The molecular formula is C16H24ClN3. The molecule has 1 unspecified atom stereocenters. The normalized spacial score (nSPS) is 13.0. The Morgan fingerprint density at radius 3 is 2.85 bits per heavy atom. The van der Waals surface area contributed by atoms with Gasteiger partial charge in [0.1, 0.15) is 5.82 Å². The summed E-state index contributed by atoms with van der Waals surface area (Å²) in [6, 6.07) is 5.95. The Labute approximate surface area is 126 Å². The zero-order valence-corrected chi connectivity index (χ0v) is 13.2. The highest BCUT2D eigenvalue weighted by Gasteiger charge is 2.13. The molecule has 3 nitrogen and oxygen atoms in total. The summed E-state index contributed by atoms with van der Waals surface area (Å²) in [7, 11) is 0. The lowest BCUT2D eigenvalue weighted by atomic mass is 10.0. The molecule has 0 amide bonds. The minimum atomic E-state index is 0.644. The van der Waals surface area contributed by atoms with Crippen LogP contribution < -0.4 is 5.73 Å². The Morgan fingerprint density at radius 2 is 2.15 bits per heavy atom. The van der Waals surface area contributed by atoms with Crippen LogP contribution in [0.2, 0.25) is 5.02 Å². The number of benzene rings is 1. The molecule has 2 rings (SSSR count). The highest BCUT2D eigenvalue weighted by atomic mass is 35.5. The minimum absolute atomic E-state index is 0.644. The molecule has 0 radical (unpaired) electrons. The summed E-state index contributed by atoms with van der Waals surface area (Å²) in [5.74, 6) is 1.80. The lowest BCUT2D eigenvalue weighted by molar-refractivity contribution is 0.486. The zero-order valence-electron chi connectivity index (χ0n) is 12.4. The topological polar surface area (TPSA) is 43.8 Å². The molecular weight excluding hydrogens is 270 g/mol. The molecule has 1 aromatic heterocycles. The number of nitrogens with zero attached hydrogens (tertiary/aromatic N) is 2. The van der Waals surface area contributed by atoms with Crippen molar-refractivity contribution in [3.63, 3.8) is 0 Å². The molecule has 0 aliphatic rings. The van der Waals surface area contributed by atoms with Gasteiger partial charge in [0.2, 0.25) is 0 Å². The van der Waals surface area contributed by atoms with E-state index in [0.29, 0.717) is 5.92 Å². The van der Waals surface area contributed by atoms with Crippen molar-refractivity contribution in [2.24, 2.45) is 11.7 Å². The average Bonchev–Trinajstić information content (AvgIpc) is 2.77. The Hall–Kier alpha value is -1.06. The van der Waals surface area contributed by atoms with Gasteiger partial charge in [-0.2, -0.15) is 0 Å². The van der Waals surface area contributed by atoms with Crippen LogP contribution in [0.5, 0.6) is 0 Å². The molecule has 1 atom stereocenters. The van der Waals surface area contributed by atoms with Crippen molar-refractivity contribution in [1.82, 2.24) is 9.55 Å². The summed E-state index contributed by atoms with van der Waals surface area (Å²) in [5.41, 5.74) is 7.71. The summed E-state index contributed by atoms with van der Waals surface area (Å²) >= 11 is 6.35. The molecule has 2 aromatic rings. The lowest BCUT2D eigenvalue weighted by Crippen LogP contribution is -2.09. The molecule has 1 heterocycles. The number of aromatic nitrogens is 2. The lowest BCUT2D eigenvalue weighted by Gasteiger charge is -2.11. The number of imidazole rings is 1. The monoisotopic (exact) mass is 293 g/mol. The van der Waals surface area contributed by atoms with Crippen molar-refractivity contribution in [3.05, 3.63) is 29.0 Å². The molecule has 2 N–H and O–H groups in total. The minimum Gasteiger partial charge on any atom is -0.330 e. The Morgan fingerprint density at radius 1 is 1.35 bits per heavy atom. The predicted molar refractivity (Wildman–Crippen MR) is 86.2 cm³/mol. The molecule has 0 spiro atoms. The maximum Gasteiger partial charge on any atom is 0.109 e. The van der Waals surface area contributed by atoms with Crippen molar-refractivity contribution in [2.45, 2.75) is 46.1 Å². The fourth-order valence-corrected chi connectivity index (χ4v) is 2.92. The summed E-state index contributed by atoms with van der Waals surface area (Å²) in [6.45, 7) is 6.18. The number of rotatable bonds is 7. The van der Waals surface area contributed by atoms with Crippen LogP contribution in [-0.2, 0) is 13.0 Å². The van der Waals surface area contributed by atoms with Crippen molar-refractivity contribution in [1.29, 1.82) is 0 Å². The first-order valence-corrected chi connectivity index (χ1v) is 7.88. The van der Waals surface area contributed by atoms with Crippen LogP contribution in [0.3, 0.4) is 0 Å². The van der Waals surface area contributed by atoms with Crippen LogP contribution >= 0.6 is 11.6 Å². The van der Waals surface area contributed by atoms with Crippen molar-refractivity contribution in [3.8, 4) is 0 Å². The van der Waals surface area contributed by atoms with Gasteiger partial charge in [-0.15, -0.1) is 0 Å². The van der Waals surface area contributed by atoms with Gasteiger partial charge in [0.05, 0.1) is 16.1 Å². The fraction of sp³-hybridized carbons (Fsp3) is 0.562. The van der Waals surface area contributed by atoms with Crippen LogP contribution in [0, 0.1) is 5.92 Å². The molecule has 4 heteroatoms. The Kier molecular flexibility index (Phi) is 5.44. The van der Waals surface area contributed by atoms with Crippen LogP contribution in [-0.4, -0.2) is 16.1 Å². The standard InChI is InChI=1S/C16H24ClN3/c1-3-11-20-15(8-7-12(2)9-10-18)19-14-6-4-5-13(17)16(14)20/h4-6,12H,3,7-11,18H2,1-2H3. The van der Waals surface area contributed by atoms with Gasteiger partial charge in [-0.1, -0.05) is 31.5 Å². The number of nitrogens with two attached hydrogens (primary N) is 1. The fourth-order valence-electron chi connectivity index (χ4n) is 2.65. The van der Waals surface area contributed by atoms with Crippen LogP contribution in [0.1, 0.15) is 38.9 Å². The number of halogens is 1. The molecule has 0 aliphatic carbocycles. The predicted octanol–water partition coefficient (Wildman–Crippen LogP) is 4.02. The highest BCUT2D eigenvalue weighted by Crippen LogP contribution is 2.26. The average molecular weight is 294 g/mol. The van der Waals surface area contributed by atoms with E-state index in [2.05, 4.69) is 18.4 Å². The second-order valence-electron chi connectivity index (χ2n) is 5.51. The smallest absolute Gasteiger partial charge is 0.109 e. The Balaban J connectivity index is 2.27. The highest BCUT2D eigenvalue weighted by molar-refractivity contribution is 6.35. The van der Waals surface area contributed by atoms with E-state index in [4.69, 9.17) is 22.3 Å². The van der Waals surface area contributed by atoms with E-state index < -0.39 is 0 Å². The first kappa shape index (κ1) is 15.3. The third-order valence-electron chi connectivity index (χ3n) is 3.76. The van der Waals surface area contributed by atoms with Crippen LogP contribution in [0.15, 0.2) is 18.2 Å². The second-order valence-corrected chi connectivity index (χ2v) is 5.92. The van der Waals surface area contributed by atoms with Crippen LogP contribution in [0.4, 0.5) is 0 Å². The third-order valence-corrected chi connectivity index (χ3v) is 4.07. The van der Waals surface area contributed by atoms with Gasteiger partial charge in [-0.05, 0) is 43.9 Å². The molecule has 0 saturated heterocycles. The van der Waals surface area contributed by atoms with Gasteiger partial charge in [-0.25, -0.2) is 4.98 Å². The maximum atomic E-state index is 6.35. The van der Waals surface area contributed by atoms with Gasteiger partial charge in [0.25, 0.3) is 0 Å². The van der Waals surface area contributed by atoms with E-state index in [0.717, 1.165) is 60.7 Å². The van der Waals surface area contributed by atoms with Gasteiger partial charge in [0.15, 0.2) is 0 Å². The van der Waals surface area contributed by atoms with Crippen molar-refractivity contribution >= 4 is 22.6 Å². The summed E-state index contributed by atoms with van der Waals surface area (Å²) in [6.07, 6.45) is 4.28. The molecule has 0 bridgehead atoms. The maximum absolute atomic E-state index is 6.35. The third kappa shape index (κ3) is 3.33. The van der Waals surface area contributed by atoms with Crippen molar-refractivity contribution in [2.75, 3.05) is 6.54 Å². The Bertz CT molecular complexity index is 562. The van der Waals surface area contributed by atoms with Gasteiger partial charge >= 0.3 is 0 Å². The molecule has 0 aliphatic heterocycles. The largest absolute Gasteiger partial charge is 0.330 e. The molecule has 20 heavy (non-hydrogen) atoms. The summed E-state index contributed by atoms with van der Waals surface area (Å²) in [4.78, 5) is 4.77. The molecule has 0 fully saturated rings. The van der Waals surface area contributed by atoms with E-state index in [1.165, 1.54) is 0 Å². The van der Waals surface area contributed by atoms with E-state index in [9.17, 15) is 0 Å². The molecule has 110 valence electrons. The molecule has 1 aromatic carbocycles. The first-order valence-electron chi connectivity index (χ1n) is 7.51. The number of aryl methyl sites for hydroxylation is 2. The van der Waals surface area contributed by atoms with Gasteiger partial charge in [-0.3, -0.25) is 0 Å². The number of hydrogen-bond acceptors (Lipinski definition) is 2. The summed E-state index contributed by atoms with van der Waals surface area (Å²) in [5, 5.41) is 0.796. The van der Waals surface area contributed by atoms with Crippen LogP contribution in [0.25, 0.3) is 11.0 Å². The molecule has 0 saturated carbocycles. The quantitative estimate of drug-likeness (QED) is 0.838. The van der Waals surface area contributed by atoms with E-state index in [-0.39, 0.29) is 0 Å².